The van der Waals surface area contributed by atoms with E-state index in [4.69, 9.17) is 14.7 Å². The summed E-state index contributed by atoms with van der Waals surface area (Å²) < 4.78 is 7.59. The number of nitrogens with zero attached hydrogens (tertiary/aromatic N) is 4. The normalized spacial score (nSPS) is 16.2. The van der Waals surface area contributed by atoms with Gasteiger partial charge in [-0.3, -0.25) is 9.69 Å². The molecule has 1 aliphatic rings. The molecule has 1 aliphatic heterocycles. The van der Waals surface area contributed by atoms with E-state index in [1.54, 1.807) is 38.1 Å². The highest BCUT2D eigenvalue weighted by Gasteiger charge is 2.39. The fourth-order valence-corrected chi connectivity index (χ4v) is 4.40. The van der Waals surface area contributed by atoms with E-state index in [2.05, 4.69) is 0 Å². The molecule has 5 rings (SSSR count). The molecular formula is C25H26N4O4. The Morgan fingerprint density at radius 3 is 2.55 bits per heavy atom. The van der Waals surface area contributed by atoms with Crippen LogP contribution in [-0.4, -0.2) is 42.9 Å². The zero-order valence-corrected chi connectivity index (χ0v) is 18.8. The van der Waals surface area contributed by atoms with Crippen LogP contribution in [-0.2, 0) is 17.9 Å². The van der Waals surface area contributed by atoms with E-state index in [0.717, 1.165) is 10.9 Å². The Labute approximate surface area is 191 Å². The SMILES string of the molecule is CCOCc1nc2c(N3C(=O)c4ccccc4C3O)nc3ccccc3c2n1CC(C)(C)O. The molecule has 0 aliphatic carbocycles. The van der Waals surface area contributed by atoms with Crippen LogP contribution in [0.1, 0.15) is 48.7 Å². The highest BCUT2D eigenvalue weighted by molar-refractivity contribution is 6.16. The van der Waals surface area contributed by atoms with Crippen LogP contribution in [0.25, 0.3) is 21.9 Å². The monoisotopic (exact) mass is 446 g/mol. The van der Waals surface area contributed by atoms with Gasteiger partial charge in [-0.05, 0) is 32.9 Å². The molecule has 0 saturated carbocycles. The van der Waals surface area contributed by atoms with E-state index in [-0.39, 0.29) is 24.9 Å². The number of hydrogen-bond acceptors (Lipinski definition) is 6. The second kappa shape index (κ2) is 7.91. The molecule has 0 radical (unpaired) electrons. The van der Waals surface area contributed by atoms with Gasteiger partial charge in [-0.2, -0.15) is 0 Å². The molecule has 2 N–H and O–H groups in total. The zero-order chi connectivity index (χ0) is 23.3. The van der Waals surface area contributed by atoms with Gasteiger partial charge < -0.3 is 19.5 Å². The average Bonchev–Trinajstić information content (AvgIpc) is 3.26. The average molecular weight is 447 g/mol. The van der Waals surface area contributed by atoms with Crippen molar-refractivity contribution in [3.8, 4) is 0 Å². The molecule has 2 aromatic carbocycles. The highest BCUT2D eigenvalue weighted by atomic mass is 16.5. The van der Waals surface area contributed by atoms with Crippen molar-refractivity contribution >= 4 is 33.7 Å². The predicted octanol–water partition coefficient (Wildman–Crippen LogP) is 3.54. The summed E-state index contributed by atoms with van der Waals surface area (Å²) in [6.07, 6.45) is -1.17. The summed E-state index contributed by atoms with van der Waals surface area (Å²) in [5.74, 6) is 0.572. The van der Waals surface area contributed by atoms with Crippen molar-refractivity contribution in [2.75, 3.05) is 11.5 Å². The van der Waals surface area contributed by atoms with Crippen LogP contribution in [0.4, 0.5) is 5.82 Å². The van der Waals surface area contributed by atoms with Crippen LogP contribution in [0.3, 0.4) is 0 Å². The minimum atomic E-state index is -1.17. The van der Waals surface area contributed by atoms with E-state index < -0.39 is 11.8 Å². The van der Waals surface area contributed by atoms with Gasteiger partial charge in [0.2, 0.25) is 0 Å². The number of aliphatic hydroxyl groups excluding tert-OH is 1. The lowest BCUT2D eigenvalue weighted by Gasteiger charge is -2.22. The summed E-state index contributed by atoms with van der Waals surface area (Å²) >= 11 is 0. The summed E-state index contributed by atoms with van der Waals surface area (Å²) in [5.41, 5.74) is 1.85. The number of imidazole rings is 1. The largest absolute Gasteiger partial charge is 0.389 e. The molecule has 1 amide bonds. The number of aliphatic hydroxyl groups is 2. The third-order valence-corrected chi connectivity index (χ3v) is 5.79. The number of carbonyl (C=O) groups excluding carboxylic acids is 1. The number of fused-ring (bicyclic) bond motifs is 4. The fraction of sp³-hybridized carbons (Fsp3) is 0.320. The molecule has 1 unspecified atom stereocenters. The Morgan fingerprint density at radius 1 is 1.09 bits per heavy atom. The first kappa shape index (κ1) is 21.5. The quantitative estimate of drug-likeness (QED) is 0.470. The van der Waals surface area contributed by atoms with Crippen LogP contribution < -0.4 is 4.90 Å². The van der Waals surface area contributed by atoms with Crippen molar-refractivity contribution in [3.63, 3.8) is 0 Å². The van der Waals surface area contributed by atoms with Gasteiger partial charge in [0.15, 0.2) is 12.0 Å². The maximum atomic E-state index is 13.3. The Hall–Kier alpha value is -3.33. The van der Waals surface area contributed by atoms with Gasteiger partial charge in [-0.1, -0.05) is 36.4 Å². The third-order valence-electron chi connectivity index (χ3n) is 5.79. The molecule has 3 heterocycles. The topological polar surface area (TPSA) is 101 Å². The minimum absolute atomic E-state index is 0.242. The molecule has 0 spiro atoms. The lowest BCUT2D eigenvalue weighted by Crippen LogP contribution is -2.29. The van der Waals surface area contributed by atoms with E-state index in [1.807, 2.05) is 35.8 Å². The van der Waals surface area contributed by atoms with Crippen molar-refractivity contribution in [1.29, 1.82) is 0 Å². The summed E-state index contributed by atoms with van der Waals surface area (Å²) in [5, 5.41) is 22.6. The highest BCUT2D eigenvalue weighted by Crippen LogP contribution is 2.40. The molecule has 0 saturated heterocycles. The molecule has 170 valence electrons. The first-order valence-electron chi connectivity index (χ1n) is 11.0. The van der Waals surface area contributed by atoms with E-state index in [0.29, 0.717) is 34.6 Å². The number of amides is 1. The Balaban J connectivity index is 1.81. The van der Waals surface area contributed by atoms with Gasteiger partial charge in [0, 0.05) is 23.1 Å². The van der Waals surface area contributed by atoms with E-state index >= 15 is 0 Å². The van der Waals surface area contributed by atoms with Gasteiger partial charge in [-0.15, -0.1) is 0 Å². The molecule has 33 heavy (non-hydrogen) atoms. The van der Waals surface area contributed by atoms with Gasteiger partial charge >= 0.3 is 0 Å². The van der Waals surface area contributed by atoms with Gasteiger partial charge in [0.25, 0.3) is 5.91 Å². The number of hydrogen-bond donors (Lipinski definition) is 2. The Morgan fingerprint density at radius 2 is 1.82 bits per heavy atom. The second-order valence-electron chi connectivity index (χ2n) is 8.85. The molecule has 4 aromatic rings. The van der Waals surface area contributed by atoms with Gasteiger partial charge in [0.1, 0.15) is 17.9 Å². The van der Waals surface area contributed by atoms with Crippen LogP contribution in [0.5, 0.6) is 0 Å². The van der Waals surface area contributed by atoms with Gasteiger partial charge in [0.05, 0.1) is 23.2 Å². The maximum Gasteiger partial charge on any atom is 0.262 e. The first-order valence-corrected chi connectivity index (χ1v) is 11.0. The van der Waals surface area contributed by atoms with Crippen LogP contribution in [0.15, 0.2) is 48.5 Å². The number of ether oxygens (including phenoxy) is 1. The van der Waals surface area contributed by atoms with Crippen LogP contribution in [0, 0.1) is 0 Å². The third kappa shape index (κ3) is 3.56. The van der Waals surface area contributed by atoms with Crippen molar-refractivity contribution in [3.05, 3.63) is 65.5 Å². The molecule has 2 aromatic heterocycles. The number of benzene rings is 2. The number of pyridine rings is 1. The smallest absolute Gasteiger partial charge is 0.262 e. The molecule has 1 atom stereocenters. The van der Waals surface area contributed by atoms with E-state index in [9.17, 15) is 15.0 Å². The zero-order valence-electron chi connectivity index (χ0n) is 18.8. The summed E-state index contributed by atoms with van der Waals surface area (Å²) in [7, 11) is 0. The fourth-order valence-electron chi connectivity index (χ4n) is 4.40. The summed E-state index contributed by atoms with van der Waals surface area (Å²) in [6, 6.07) is 14.6. The van der Waals surface area contributed by atoms with Crippen LogP contribution >= 0.6 is 0 Å². The molecular weight excluding hydrogens is 420 g/mol. The number of carbonyl (C=O) groups is 1. The Bertz CT molecular complexity index is 1370. The second-order valence-corrected chi connectivity index (χ2v) is 8.85. The number of aromatic nitrogens is 3. The van der Waals surface area contributed by atoms with Crippen molar-refractivity contribution in [1.82, 2.24) is 14.5 Å². The van der Waals surface area contributed by atoms with Crippen molar-refractivity contribution in [2.24, 2.45) is 0 Å². The lowest BCUT2D eigenvalue weighted by molar-refractivity contribution is 0.0582. The maximum absolute atomic E-state index is 13.3. The first-order chi connectivity index (χ1) is 15.8. The van der Waals surface area contributed by atoms with Crippen molar-refractivity contribution < 1.29 is 19.7 Å². The molecule has 0 fully saturated rings. The standard InChI is InChI=1S/C25H26N4O4/c1-4-33-13-19-27-20-21(28(19)14-25(2,3)32)17-11-7-8-12-18(17)26-22(20)29-23(30)15-9-5-6-10-16(15)24(29)31/h5-12,23,30,32H,4,13-14H2,1-3H3. The van der Waals surface area contributed by atoms with Crippen molar-refractivity contribution in [2.45, 2.75) is 45.8 Å². The molecule has 8 nitrogen and oxygen atoms in total. The summed E-state index contributed by atoms with van der Waals surface area (Å²) in [6.45, 7) is 6.40. The molecule has 0 bridgehead atoms. The van der Waals surface area contributed by atoms with Gasteiger partial charge in [-0.25, -0.2) is 9.97 Å². The van der Waals surface area contributed by atoms with Crippen LogP contribution in [0.2, 0.25) is 0 Å². The van der Waals surface area contributed by atoms with E-state index in [1.165, 1.54) is 4.90 Å². The predicted molar refractivity (Wildman–Crippen MR) is 125 cm³/mol. The number of anilines is 1. The number of para-hydroxylation sites is 1. The number of rotatable bonds is 6. The lowest BCUT2D eigenvalue weighted by atomic mass is 10.1. The minimum Gasteiger partial charge on any atom is -0.389 e. The summed E-state index contributed by atoms with van der Waals surface area (Å²) in [4.78, 5) is 24.2. The molecule has 8 heteroatoms. The Kier molecular flexibility index (Phi) is 5.16.